The van der Waals surface area contributed by atoms with Gasteiger partial charge >= 0.3 is 0 Å². The van der Waals surface area contributed by atoms with Gasteiger partial charge in [-0.3, -0.25) is 0 Å². The van der Waals surface area contributed by atoms with E-state index in [0.717, 1.165) is 41.8 Å². The molecule has 1 unspecified atom stereocenters. The number of nitrogens with zero attached hydrogens (tertiary/aromatic N) is 2. The lowest BCUT2D eigenvalue weighted by Gasteiger charge is -2.41. The first-order valence-electron chi connectivity index (χ1n) is 12.4. The second-order valence-electron chi connectivity index (χ2n) is 9.67. The summed E-state index contributed by atoms with van der Waals surface area (Å²) in [7, 11) is -0.609. The fourth-order valence-corrected chi connectivity index (χ4v) is 7.02. The molecule has 0 saturated carbocycles. The maximum atomic E-state index is 14.5. The second-order valence-corrected chi connectivity index (χ2v) is 11.5. The molecule has 4 rings (SSSR count). The summed E-state index contributed by atoms with van der Waals surface area (Å²) in [5.41, 5.74) is 2.65. The Morgan fingerprint density at radius 1 is 0.972 bits per heavy atom. The van der Waals surface area contributed by atoms with Gasteiger partial charge in [-0.25, -0.2) is 8.42 Å². The highest BCUT2D eigenvalue weighted by atomic mass is 32.2. The smallest absolute Gasteiger partial charge is 0.246 e. The van der Waals surface area contributed by atoms with Crippen molar-refractivity contribution in [3.05, 3.63) is 77.9 Å². The molecule has 3 aromatic rings. The fourth-order valence-electron chi connectivity index (χ4n) is 4.97. The third-order valence-electron chi connectivity index (χ3n) is 7.06. The van der Waals surface area contributed by atoms with Crippen LogP contribution in [0.1, 0.15) is 44.2 Å². The maximum absolute atomic E-state index is 14.5. The molecule has 0 aliphatic carbocycles. The topological polar surface area (TPSA) is 59.1 Å². The highest BCUT2D eigenvalue weighted by Gasteiger charge is 2.46. The first kappa shape index (κ1) is 26.0. The summed E-state index contributed by atoms with van der Waals surface area (Å²) in [4.78, 5) is 2.44. The number of aryl methyl sites for hydroxylation is 1. The highest BCUT2D eigenvalue weighted by Crippen LogP contribution is 2.45. The van der Waals surface area contributed by atoms with Crippen LogP contribution in [-0.2, 0) is 16.6 Å². The number of para-hydroxylation sites is 1. The first-order valence-corrected chi connectivity index (χ1v) is 13.8. The van der Waals surface area contributed by atoms with Crippen LogP contribution in [0.25, 0.3) is 0 Å². The van der Waals surface area contributed by atoms with E-state index in [-0.39, 0.29) is 6.54 Å². The minimum Gasteiger partial charge on any atom is -0.497 e. The van der Waals surface area contributed by atoms with Crippen LogP contribution in [0, 0.1) is 6.92 Å². The van der Waals surface area contributed by atoms with E-state index in [4.69, 9.17) is 9.47 Å². The summed E-state index contributed by atoms with van der Waals surface area (Å²) in [5, 5.41) is 0. The van der Waals surface area contributed by atoms with E-state index in [1.165, 1.54) is 0 Å². The molecule has 0 spiro atoms. The third-order valence-corrected chi connectivity index (χ3v) is 9.09. The summed E-state index contributed by atoms with van der Waals surface area (Å²) >= 11 is 0. The van der Waals surface area contributed by atoms with Gasteiger partial charge in [0.05, 0.1) is 25.4 Å². The van der Waals surface area contributed by atoms with Crippen molar-refractivity contribution in [1.29, 1.82) is 0 Å². The minimum absolute atomic E-state index is 0.277. The number of ether oxygens (including phenoxy) is 2. The van der Waals surface area contributed by atoms with Gasteiger partial charge in [-0.1, -0.05) is 50.1 Å². The van der Waals surface area contributed by atoms with Crippen molar-refractivity contribution >= 4 is 21.4 Å². The molecule has 1 heterocycles. The number of sulfonamides is 1. The molecular formula is C29H36N2O4S. The fraction of sp³-hybridized carbons (Fsp3) is 0.379. The highest BCUT2D eigenvalue weighted by molar-refractivity contribution is 7.89. The Bertz CT molecular complexity index is 1290. The predicted octanol–water partition coefficient (Wildman–Crippen LogP) is 6.30. The van der Waals surface area contributed by atoms with Crippen molar-refractivity contribution < 1.29 is 17.9 Å². The zero-order valence-electron chi connectivity index (χ0n) is 21.8. The summed E-state index contributed by atoms with van der Waals surface area (Å²) in [6.45, 7) is 6.90. The molecule has 0 aromatic heterocycles. The Morgan fingerprint density at radius 2 is 1.67 bits per heavy atom. The van der Waals surface area contributed by atoms with E-state index in [0.29, 0.717) is 22.9 Å². The van der Waals surface area contributed by atoms with E-state index >= 15 is 0 Å². The molecule has 7 heteroatoms. The van der Waals surface area contributed by atoms with E-state index in [9.17, 15) is 8.42 Å². The molecule has 0 N–H and O–H groups in total. The number of hydrogen-bond acceptors (Lipinski definition) is 5. The summed E-state index contributed by atoms with van der Waals surface area (Å²) in [6.07, 6.45) is 2.65. The van der Waals surface area contributed by atoms with Crippen LogP contribution in [0.3, 0.4) is 0 Å². The van der Waals surface area contributed by atoms with E-state index < -0.39 is 15.6 Å². The van der Waals surface area contributed by atoms with Gasteiger partial charge in [-0.05, 0) is 61.7 Å². The Balaban J connectivity index is 1.94. The van der Waals surface area contributed by atoms with Gasteiger partial charge in [-0.2, -0.15) is 4.31 Å². The summed E-state index contributed by atoms with van der Waals surface area (Å²) in [6, 6.07) is 21.3. The third kappa shape index (κ3) is 4.95. The van der Waals surface area contributed by atoms with Gasteiger partial charge in [0, 0.05) is 24.8 Å². The zero-order chi connectivity index (χ0) is 25.9. The van der Waals surface area contributed by atoms with Crippen molar-refractivity contribution in [2.75, 3.05) is 25.7 Å². The van der Waals surface area contributed by atoms with Crippen molar-refractivity contribution in [3.8, 4) is 11.5 Å². The van der Waals surface area contributed by atoms with Crippen LogP contribution in [0.4, 0.5) is 11.4 Å². The molecule has 0 amide bonds. The number of unbranched alkanes of at least 4 members (excludes halogenated alkanes) is 1. The average molecular weight is 509 g/mol. The molecule has 192 valence electrons. The molecule has 0 saturated heterocycles. The molecule has 3 aromatic carbocycles. The monoisotopic (exact) mass is 508 g/mol. The van der Waals surface area contributed by atoms with Gasteiger partial charge < -0.3 is 14.4 Å². The zero-order valence-corrected chi connectivity index (χ0v) is 22.6. The Kier molecular flexibility index (Phi) is 7.62. The average Bonchev–Trinajstić information content (AvgIpc) is 2.95. The van der Waals surface area contributed by atoms with E-state index in [2.05, 4.69) is 18.7 Å². The van der Waals surface area contributed by atoms with Gasteiger partial charge in [0.25, 0.3) is 0 Å². The van der Waals surface area contributed by atoms with Gasteiger partial charge in [-0.15, -0.1) is 0 Å². The molecule has 0 bridgehead atoms. The summed E-state index contributed by atoms with van der Waals surface area (Å²) < 4.78 is 41.6. The largest absolute Gasteiger partial charge is 0.497 e. The van der Waals surface area contributed by atoms with Crippen molar-refractivity contribution in [2.24, 2.45) is 0 Å². The number of anilines is 2. The molecule has 36 heavy (non-hydrogen) atoms. The van der Waals surface area contributed by atoms with E-state index in [1.807, 2.05) is 67.6 Å². The Labute approximate surface area is 215 Å². The second kappa shape index (κ2) is 10.5. The lowest BCUT2D eigenvalue weighted by atomic mass is 9.92. The Morgan fingerprint density at radius 3 is 2.28 bits per heavy atom. The van der Waals surface area contributed by atoms with Crippen LogP contribution >= 0.6 is 0 Å². The Hall–Kier alpha value is -3.03. The standard InChI is InChI=1S/C29H36N2O4S/c1-6-7-17-29(3)21-30(24-11-9-8-10-12-24)26-19-27(35-5)22(2)18-28(26)36(32,33)31(29)20-23-13-15-25(34-4)16-14-23/h8-16,18-19H,6-7,17,20-21H2,1-5H3. The van der Waals surface area contributed by atoms with Crippen LogP contribution < -0.4 is 14.4 Å². The van der Waals surface area contributed by atoms with Crippen molar-refractivity contribution in [3.63, 3.8) is 0 Å². The van der Waals surface area contributed by atoms with Crippen LogP contribution in [-0.4, -0.2) is 39.0 Å². The number of fused-ring (bicyclic) bond motifs is 1. The maximum Gasteiger partial charge on any atom is 0.246 e. The molecule has 6 nitrogen and oxygen atoms in total. The molecule has 0 radical (unpaired) electrons. The molecule has 1 aliphatic rings. The lowest BCUT2D eigenvalue weighted by molar-refractivity contribution is 0.191. The van der Waals surface area contributed by atoms with Gasteiger partial charge in [0.1, 0.15) is 16.4 Å². The van der Waals surface area contributed by atoms with Gasteiger partial charge in [0.2, 0.25) is 10.0 Å². The lowest BCUT2D eigenvalue weighted by Crippen LogP contribution is -2.53. The number of methoxy groups -OCH3 is 2. The predicted molar refractivity (Wildman–Crippen MR) is 145 cm³/mol. The molecule has 0 fully saturated rings. The summed E-state index contributed by atoms with van der Waals surface area (Å²) in [5.74, 6) is 1.42. The molecule has 1 atom stereocenters. The van der Waals surface area contributed by atoms with Crippen molar-refractivity contribution in [2.45, 2.75) is 57.0 Å². The number of hydrogen-bond donors (Lipinski definition) is 0. The number of rotatable bonds is 8. The van der Waals surface area contributed by atoms with Crippen LogP contribution in [0.5, 0.6) is 11.5 Å². The quantitative estimate of drug-likeness (QED) is 0.357. The van der Waals surface area contributed by atoms with Crippen LogP contribution in [0.2, 0.25) is 0 Å². The van der Waals surface area contributed by atoms with Crippen LogP contribution in [0.15, 0.2) is 71.6 Å². The van der Waals surface area contributed by atoms with E-state index in [1.54, 1.807) is 24.6 Å². The van der Waals surface area contributed by atoms with Crippen molar-refractivity contribution in [1.82, 2.24) is 4.31 Å². The van der Waals surface area contributed by atoms with Gasteiger partial charge in [0.15, 0.2) is 0 Å². The molecular weight excluding hydrogens is 472 g/mol. The molecule has 1 aliphatic heterocycles. The normalized spacial score (nSPS) is 19.4. The number of benzene rings is 3. The minimum atomic E-state index is -3.85. The SMILES string of the molecule is CCCCC1(C)CN(c2ccccc2)c2cc(OC)c(C)cc2S(=O)(=O)N1Cc1ccc(OC)cc1. The first-order chi connectivity index (χ1) is 17.2.